The van der Waals surface area contributed by atoms with E-state index in [-0.39, 0.29) is 10.9 Å². The summed E-state index contributed by atoms with van der Waals surface area (Å²) in [4.78, 5) is 10.5. The third-order valence-electron chi connectivity index (χ3n) is 1.79. The molecule has 0 spiro atoms. The molecule has 14 heavy (non-hydrogen) atoms. The van der Waals surface area contributed by atoms with Crippen LogP contribution in [0.15, 0.2) is 22.7 Å². The van der Waals surface area contributed by atoms with Gasteiger partial charge in [-0.05, 0) is 34.0 Å². The first-order valence-corrected chi connectivity index (χ1v) is 4.73. The fourth-order valence-electron chi connectivity index (χ4n) is 1.03. The van der Waals surface area contributed by atoms with Crippen molar-refractivity contribution in [1.29, 1.82) is 0 Å². The summed E-state index contributed by atoms with van der Waals surface area (Å²) in [6.45, 7) is 0. The number of hydrogen-bond acceptors (Lipinski definition) is 2. The minimum atomic E-state index is -1.10. The van der Waals surface area contributed by atoms with E-state index in [0.717, 1.165) is 0 Å². The quantitative estimate of drug-likeness (QED) is 0.868. The summed E-state index contributed by atoms with van der Waals surface area (Å²) in [5.74, 6) is -1.51. The van der Waals surface area contributed by atoms with Crippen LogP contribution in [0.3, 0.4) is 0 Å². The highest BCUT2D eigenvalue weighted by atomic mass is 79.9. The predicted molar refractivity (Wildman–Crippen MR) is 53.4 cm³/mol. The van der Waals surface area contributed by atoms with Crippen LogP contribution in [0.2, 0.25) is 0 Å². The van der Waals surface area contributed by atoms with Crippen molar-refractivity contribution in [3.05, 3.63) is 34.1 Å². The molecule has 0 fully saturated rings. The van der Waals surface area contributed by atoms with Gasteiger partial charge in [0.1, 0.15) is 11.9 Å². The van der Waals surface area contributed by atoms with Crippen LogP contribution in [0.4, 0.5) is 4.39 Å². The van der Waals surface area contributed by atoms with E-state index in [1.165, 1.54) is 12.1 Å². The normalized spacial score (nSPS) is 12.5. The first-order valence-electron chi connectivity index (χ1n) is 3.93. The van der Waals surface area contributed by atoms with Gasteiger partial charge < -0.3 is 10.8 Å². The van der Waals surface area contributed by atoms with Crippen molar-refractivity contribution in [1.82, 2.24) is 0 Å². The average molecular weight is 262 g/mol. The van der Waals surface area contributed by atoms with Crippen LogP contribution in [-0.4, -0.2) is 17.1 Å². The summed E-state index contributed by atoms with van der Waals surface area (Å²) in [6, 6.07) is 3.44. The molecule has 0 aromatic heterocycles. The number of carbonyl (C=O) groups is 1. The first kappa shape index (κ1) is 11.1. The molecule has 0 saturated carbocycles. The van der Waals surface area contributed by atoms with Crippen molar-refractivity contribution in [3.63, 3.8) is 0 Å². The summed E-state index contributed by atoms with van der Waals surface area (Å²) in [6.07, 6.45) is 0.105. The Hall–Kier alpha value is -0.940. The molecule has 1 aromatic rings. The third kappa shape index (κ3) is 2.52. The Morgan fingerprint density at radius 1 is 1.64 bits per heavy atom. The van der Waals surface area contributed by atoms with Gasteiger partial charge in [-0.15, -0.1) is 0 Å². The van der Waals surface area contributed by atoms with E-state index >= 15 is 0 Å². The van der Waals surface area contributed by atoms with Crippen molar-refractivity contribution in [2.45, 2.75) is 12.5 Å². The second kappa shape index (κ2) is 4.52. The second-order valence-corrected chi connectivity index (χ2v) is 3.65. The topological polar surface area (TPSA) is 63.3 Å². The summed E-state index contributed by atoms with van der Waals surface area (Å²) in [5.41, 5.74) is 5.88. The lowest BCUT2D eigenvalue weighted by Gasteiger charge is -2.08. The summed E-state index contributed by atoms with van der Waals surface area (Å²) in [7, 11) is 0. The Balaban J connectivity index is 2.87. The number of carboxylic acids is 1. The minimum Gasteiger partial charge on any atom is -0.480 e. The molecule has 3 nitrogen and oxygen atoms in total. The largest absolute Gasteiger partial charge is 0.480 e. The zero-order valence-corrected chi connectivity index (χ0v) is 8.79. The molecule has 3 N–H and O–H groups in total. The van der Waals surface area contributed by atoms with Crippen molar-refractivity contribution < 1.29 is 14.3 Å². The van der Waals surface area contributed by atoms with Gasteiger partial charge in [0, 0.05) is 0 Å². The maximum Gasteiger partial charge on any atom is 0.320 e. The zero-order chi connectivity index (χ0) is 10.7. The number of nitrogens with two attached hydrogens (primary N) is 1. The lowest BCUT2D eigenvalue weighted by atomic mass is 10.1. The summed E-state index contributed by atoms with van der Waals surface area (Å²) >= 11 is 3.03. The fraction of sp³-hybridized carbons (Fsp3) is 0.222. The molecular formula is C9H9BrFNO2. The smallest absolute Gasteiger partial charge is 0.320 e. The van der Waals surface area contributed by atoms with Gasteiger partial charge in [-0.2, -0.15) is 0 Å². The molecule has 0 heterocycles. The van der Waals surface area contributed by atoms with Gasteiger partial charge in [-0.25, -0.2) is 4.39 Å². The zero-order valence-electron chi connectivity index (χ0n) is 7.21. The van der Waals surface area contributed by atoms with Crippen molar-refractivity contribution >= 4 is 21.9 Å². The van der Waals surface area contributed by atoms with E-state index < -0.39 is 17.8 Å². The molecule has 0 saturated heterocycles. The number of hydrogen-bond donors (Lipinski definition) is 2. The molecule has 0 amide bonds. The summed E-state index contributed by atoms with van der Waals surface area (Å²) in [5, 5.41) is 8.57. The number of benzene rings is 1. The maximum atomic E-state index is 13.0. The van der Waals surface area contributed by atoms with E-state index in [0.29, 0.717) is 5.56 Å². The molecule has 0 aliphatic carbocycles. The molecule has 0 radical (unpaired) electrons. The second-order valence-electron chi connectivity index (χ2n) is 2.86. The third-order valence-corrected chi connectivity index (χ3v) is 2.68. The van der Waals surface area contributed by atoms with Crippen LogP contribution >= 0.6 is 15.9 Å². The number of carboxylic acid groups (broad SMARTS) is 1. The van der Waals surface area contributed by atoms with Crippen molar-refractivity contribution in [2.24, 2.45) is 5.73 Å². The highest BCUT2D eigenvalue weighted by Crippen LogP contribution is 2.21. The van der Waals surface area contributed by atoms with Crippen molar-refractivity contribution in [2.75, 3.05) is 0 Å². The van der Waals surface area contributed by atoms with Crippen LogP contribution in [-0.2, 0) is 11.2 Å². The van der Waals surface area contributed by atoms with Gasteiger partial charge in [-0.3, -0.25) is 4.79 Å². The Morgan fingerprint density at radius 2 is 2.29 bits per heavy atom. The highest BCUT2D eigenvalue weighted by Gasteiger charge is 2.14. The lowest BCUT2D eigenvalue weighted by Crippen LogP contribution is -2.32. The maximum absolute atomic E-state index is 13.0. The predicted octanol–water partition coefficient (Wildman–Crippen LogP) is 1.54. The van der Waals surface area contributed by atoms with Crippen LogP contribution in [0.5, 0.6) is 0 Å². The molecule has 0 aliphatic heterocycles. The van der Waals surface area contributed by atoms with Gasteiger partial charge in [0.05, 0.1) is 4.47 Å². The lowest BCUT2D eigenvalue weighted by molar-refractivity contribution is -0.138. The molecule has 1 rings (SSSR count). The SMILES string of the molecule is N[C@@H](Cc1cccc(F)c1Br)C(=O)O. The van der Waals surface area contributed by atoms with Gasteiger partial charge in [0.25, 0.3) is 0 Å². The van der Waals surface area contributed by atoms with Crippen LogP contribution in [0.1, 0.15) is 5.56 Å². The van der Waals surface area contributed by atoms with Crippen LogP contribution in [0.25, 0.3) is 0 Å². The van der Waals surface area contributed by atoms with Crippen molar-refractivity contribution in [3.8, 4) is 0 Å². The molecule has 5 heteroatoms. The standard InChI is InChI=1S/C9H9BrFNO2/c10-8-5(2-1-3-6(8)11)4-7(12)9(13)14/h1-3,7H,4,12H2,(H,13,14)/t7-/m0/s1. The number of rotatable bonds is 3. The van der Waals surface area contributed by atoms with Crippen LogP contribution < -0.4 is 5.73 Å². The van der Waals surface area contributed by atoms with Gasteiger partial charge in [0.15, 0.2) is 0 Å². The van der Waals surface area contributed by atoms with E-state index in [2.05, 4.69) is 15.9 Å². The monoisotopic (exact) mass is 261 g/mol. The minimum absolute atomic E-state index is 0.105. The summed E-state index contributed by atoms with van der Waals surface area (Å²) < 4.78 is 13.3. The van der Waals surface area contributed by atoms with E-state index in [1.807, 2.05) is 0 Å². The Kier molecular flexibility index (Phi) is 3.60. The molecule has 1 atom stereocenters. The number of halogens is 2. The van der Waals surface area contributed by atoms with Crippen LogP contribution in [0, 0.1) is 5.82 Å². The molecule has 76 valence electrons. The highest BCUT2D eigenvalue weighted by molar-refractivity contribution is 9.10. The first-order chi connectivity index (χ1) is 6.52. The van der Waals surface area contributed by atoms with E-state index in [4.69, 9.17) is 10.8 Å². The fourth-order valence-corrected chi connectivity index (χ4v) is 1.46. The molecule has 1 aromatic carbocycles. The number of aliphatic carboxylic acids is 1. The molecule has 0 bridgehead atoms. The molecular weight excluding hydrogens is 253 g/mol. The van der Waals surface area contributed by atoms with E-state index in [9.17, 15) is 9.18 Å². The van der Waals surface area contributed by atoms with Gasteiger partial charge in [0.2, 0.25) is 0 Å². The average Bonchev–Trinajstić information content (AvgIpc) is 2.12. The molecule has 0 unspecified atom stereocenters. The Labute approximate surface area is 88.9 Å². The van der Waals surface area contributed by atoms with Gasteiger partial charge >= 0.3 is 5.97 Å². The molecule has 0 aliphatic rings. The van der Waals surface area contributed by atoms with Gasteiger partial charge in [-0.1, -0.05) is 12.1 Å². The Morgan fingerprint density at radius 3 is 2.86 bits per heavy atom. The Bertz CT molecular complexity index is 357. The van der Waals surface area contributed by atoms with E-state index in [1.54, 1.807) is 6.07 Å².